The standard InChI is InChI=1S/C20H21N3O3/c24-11-13-1-3-14(4-2-13)19(25)7-17-5-15-6-18(20-10-21-12-26-20)23-9-16(15)8-22-17/h5-6,8-10,12-14,24H,1-4,7,11H2. The van der Waals surface area contributed by atoms with Gasteiger partial charge in [0.15, 0.2) is 12.2 Å². The number of hydrogen-bond acceptors (Lipinski definition) is 6. The van der Waals surface area contributed by atoms with E-state index in [4.69, 9.17) is 4.42 Å². The Morgan fingerprint density at radius 3 is 2.62 bits per heavy atom. The highest BCUT2D eigenvalue weighted by Crippen LogP contribution is 2.30. The van der Waals surface area contributed by atoms with Crippen molar-refractivity contribution in [1.82, 2.24) is 15.0 Å². The van der Waals surface area contributed by atoms with Crippen LogP contribution in [-0.2, 0) is 11.2 Å². The topological polar surface area (TPSA) is 89.1 Å². The number of nitrogens with zero attached hydrogens (tertiary/aromatic N) is 3. The van der Waals surface area contributed by atoms with Crippen molar-refractivity contribution in [2.24, 2.45) is 11.8 Å². The molecule has 26 heavy (non-hydrogen) atoms. The predicted molar refractivity (Wildman–Crippen MR) is 96.3 cm³/mol. The highest BCUT2D eigenvalue weighted by molar-refractivity contribution is 5.87. The summed E-state index contributed by atoms with van der Waals surface area (Å²) in [5.41, 5.74) is 1.49. The second-order valence-corrected chi connectivity index (χ2v) is 7.00. The minimum atomic E-state index is 0.0949. The number of carbonyl (C=O) groups excluding carboxylic acids is 1. The molecule has 3 aromatic rings. The van der Waals surface area contributed by atoms with Crippen LogP contribution in [-0.4, -0.2) is 32.4 Å². The predicted octanol–water partition coefficient (Wildman–Crippen LogP) is 3.20. The molecule has 0 saturated heterocycles. The summed E-state index contributed by atoms with van der Waals surface area (Å²) in [4.78, 5) is 25.3. The van der Waals surface area contributed by atoms with Crippen LogP contribution in [0.5, 0.6) is 0 Å². The Morgan fingerprint density at radius 2 is 1.88 bits per heavy atom. The van der Waals surface area contributed by atoms with Gasteiger partial charge in [0.05, 0.1) is 6.20 Å². The van der Waals surface area contributed by atoms with Crippen LogP contribution in [0.25, 0.3) is 22.2 Å². The third kappa shape index (κ3) is 3.51. The van der Waals surface area contributed by atoms with Gasteiger partial charge < -0.3 is 9.52 Å². The molecule has 134 valence electrons. The third-order valence-corrected chi connectivity index (χ3v) is 5.26. The van der Waals surface area contributed by atoms with Crippen LogP contribution in [0.2, 0.25) is 0 Å². The van der Waals surface area contributed by atoms with Gasteiger partial charge in [-0.1, -0.05) is 0 Å². The zero-order valence-electron chi connectivity index (χ0n) is 14.5. The van der Waals surface area contributed by atoms with Gasteiger partial charge in [0.1, 0.15) is 11.5 Å². The van der Waals surface area contributed by atoms with E-state index in [9.17, 15) is 9.90 Å². The average molecular weight is 351 g/mol. The zero-order chi connectivity index (χ0) is 17.9. The summed E-state index contributed by atoms with van der Waals surface area (Å²) in [7, 11) is 0. The summed E-state index contributed by atoms with van der Waals surface area (Å²) in [5.74, 6) is 1.32. The Morgan fingerprint density at radius 1 is 1.08 bits per heavy atom. The molecule has 0 spiro atoms. The van der Waals surface area contributed by atoms with Crippen molar-refractivity contribution in [3.05, 3.63) is 42.8 Å². The molecule has 1 aliphatic rings. The highest BCUT2D eigenvalue weighted by Gasteiger charge is 2.26. The molecule has 1 N–H and O–H groups in total. The number of rotatable bonds is 5. The van der Waals surface area contributed by atoms with Crippen LogP contribution < -0.4 is 0 Å². The monoisotopic (exact) mass is 351 g/mol. The van der Waals surface area contributed by atoms with Gasteiger partial charge in [0.2, 0.25) is 0 Å². The fourth-order valence-electron chi connectivity index (χ4n) is 3.65. The molecular weight excluding hydrogens is 330 g/mol. The number of ketones is 1. The molecule has 3 aromatic heterocycles. The molecule has 6 nitrogen and oxygen atoms in total. The van der Waals surface area contributed by atoms with E-state index in [-0.39, 0.29) is 18.3 Å². The molecule has 1 aliphatic carbocycles. The first-order chi connectivity index (χ1) is 12.7. The van der Waals surface area contributed by atoms with Gasteiger partial charge in [0, 0.05) is 42.4 Å². The quantitative estimate of drug-likeness (QED) is 0.759. The molecule has 0 unspecified atom stereocenters. The molecular formula is C20H21N3O3. The largest absolute Gasteiger partial charge is 0.442 e. The van der Waals surface area contributed by atoms with E-state index in [2.05, 4.69) is 15.0 Å². The number of Topliss-reactive ketones (excluding diaryl/α,β-unsaturated/α-hetero) is 1. The molecule has 0 radical (unpaired) electrons. The number of aromatic nitrogens is 3. The third-order valence-electron chi connectivity index (χ3n) is 5.26. The molecule has 3 heterocycles. The van der Waals surface area contributed by atoms with E-state index in [0.717, 1.165) is 42.1 Å². The maximum atomic E-state index is 12.6. The second-order valence-electron chi connectivity index (χ2n) is 7.00. The fraction of sp³-hybridized carbons (Fsp3) is 0.400. The lowest BCUT2D eigenvalue weighted by atomic mass is 9.79. The van der Waals surface area contributed by atoms with Gasteiger partial charge in [-0.05, 0) is 49.1 Å². The van der Waals surface area contributed by atoms with E-state index in [1.54, 1.807) is 18.6 Å². The Labute approximate surface area is 151 Å². The summed E-state index contributed by atoms with van der Waals surface area (Å²) < 4.78 is 5.30. The Bertz CT molecular complexity index is 900. The van der Waals surface area contributed by atoms with Gasteiger partial charge in [-0.15, -0.1) is 0 Å². The minimum absolute atomic E-state index is 0.0949. The smallest absolute Gasteiger partial charge is 0.181 e. The summed E-state index contributed by atoms with van der Waals surface area (Å²) in [6.45, 7) is 0.231. The average Bonchev–Trinajstić information content (AvgIpc) is 3.22. The summed E-state index contributed by atoms with van der Waals surface area (Å²) in [5, 5.41) is 11.1. The SMILES string of the molecule is O=C(Cc1cc2cc(-c3cnco3)ncc2cn1)C1CCC(CO)CC1. The van der Waals surface area contributed by atoms with Crippen molar-refractivity contribution in [2.75, 3.05) is 6.61 Å². The Hall–Kier alpha value is -2.60. The maximum Gasteiger partial charge on any atom is 0.181 e. The van der Waals surface area contributed by atoms with Crippen molar-refractivity contribution >= 4 is 16.6 Å². The molecule has 1 saturated carbocycles. The van der Waals surface area contributed by atoms with Crippen molar-refractivity contribution in [3.63, 3.8) is 0 Å². The van der Waals surface area contributed by atoms with E-state index >= 15 is 0 Å². The summed E-state index contributed by atoms with van der Waals surface area (Å²) >= 11 is 0. The van der Waals surface area contributed by atoms with Gasteiger partial charge in [-0.25, -0.2) is 4.98 Å². The van der Waals surface area contributed by atoms with E-state index in [1.165, 1.54) is 6.39 Å². The summed E-state index contributed by atoms with van der Waals surface area (Å²) in [6, 6.07) is 3.88. The molecule has 4 rings (SSSR count). The lowest BCUT2D eigenvalue weighted by Gasteiger charge is -2.26. The van der Waals surface area contributed by atoms with Crippen LogP contribution in [0.15, 0.2) is 41.5 Å². The second kappa shape index (κ2) is 7.33. The van der Waals surface area contributed by atoms with E-state index < -0.39 is 0 Å². The van der Waals surface area contributed by atoms with E-state index in [1.807, 2.05) is 12.1 Å². The first kappa shape index (κ1) is 16.8. The van der Waals surface area contributed by atoms with Crippen molar-refractivity contribution in [1.29, 1.82) is 0 Å². The first-order valence-corrected chi connectivity index (χ1v) is 9.00. The highest BCUT2D eigenvalue weighted by atomic mass is 16.3. The lowest BCUT2D eigenvalue weighted by Crippen LogP contribution is -2.24. The molecule has 1 fully saturated rings. The van der Waals surface area contributed by atoms with Gasteiger partial charge in [-0.2, -0.15) is 0 Å². The Kier molecular flexibility index (Phi) is 4.75. The van der Waals surface area contributed by atoms with Gasteiger partial charge >= 0.3 is 0 Å². The molecule has 6 heteroatoms. The van der Waals surface area contributed by atoms with Gasteiger partial charge in [0.25, 0.3) is 0 Å². The fourth-order valence-corrected chi connectivity index (χ4v) is 3.65. The van der Waals surface area contributed by atoms with Crippen LogP contribution in [0.1, 0.15) is 31.4 Å². The summed E-state index contributed by atoms with van der Waals surface area (Å²) in [6.07, 6.45) is 10.5. The number of aliphatic hydroxyl groups is 1. The lowest BCUT2D eigenvalue weighted by molar-refractivity contribution is -0.123. The van der Waals surface area contributed by atoms with Crippen molar-refractivity contribution in [2.45, 2.75) is 32.1 Å². The number of fused-ring (bicyclic) bond motifs is 1. The van der Waals surface area contributed by atoms with Crippen LogP contribution in [0.4, 0.5) is 0 Å². The molecule has 0 amide bonds. The van der Waals surface area contributed by atoms with Gasteiger partial charge in [-0.3, -0.25) is 14.8 Å². The number of hydrogen-bond donors (Lipinski definition) is 1. The molecule has 0 atom stereocenters. The zero-order valence-corrected chi connectivity index (χ0v) is 14.5. The molecule has 0 aliphatic heterocycles. The van der Waals surface area contributed by atoms with Crippen molar-refractivity contribution < 1.29 is 14.3 Å². The van der Waals surface area contributed by atoms with Crippen molar-refractivity contribution in [3.8, 4) is 11.5 Å². The number of aliphatic hydroxyl groups excluding tert-OH is 1. The Balaban J connectivity index is 1.50. The van der Waals surface area contributed by atoms with E-state index in [0.29, 0.717) is 23.8 Å². The number of oxazole rings is 1. The van der Waals surface area contributed by atoms with Crippen LogP contribution in [0, 0.1) is 11.8 Å². The van der Waals surface area contributed by atoms with Crippen LogP contribution in [0.3, 0.4) is 0 Å². The number of carbonyl (C=O) groups is 1. The van der Waals surface area contributed by atoms with Crippen LogP contribution >= 0.6 is 0 Å². The minimum Gasteiger partial charge on any atom is -0.442 e. The number of pyridine rings is 2. The first-order valence-electron chi connectivity index (χ1n) is 9.00. The molecule has 0 aromatic carbocycles. The maximum absolute atomic E-state index is 12.6. The normalized spacial score (nSPS) is 20.3. The molecule has 0 bridgehead atoms.